The second-order valence-corrected chi connectivity index (χ2v) is 6.70. The first-order valence-corrected chi connectivity index (χ1v) is 8.80. The lowest BCUT2D eigenvalue weighted by Crippen LogP contribution is -2.47. The predicted molar refractivity (Wildman–Crippen MR) is 99.7 cm³/mol. The van der Waals surface area contributed by atoms with E-state index in [4.69, 9.17) is 5.26 Å². The molecule has 1 aliphatic rings. The average Bonchev–Trinajstić information content (AvgIpc) is 3.11. The second kappa shape index (κ2) is 6.64. The molecule has 132 valence electrons. The lowest BCUT2D eigenvalue weighted by atomic mass is 10.0. The molecule has 1 saturated heterocycles. The molecule has 4 rings (SSSR count). The predicted octanol–water partition coefficient (Wildman–Crippen LogP) is 2.42. The van der Waals surface area contributed by atoms with Crippen molar-refractivity contribution in [1.29, 1.82) is 5.26 Å². The quantitative estimate of drug-likeness (QED) is 0.757. The number of hydrogen-bond donors (Lipinski definition) is 2. The minimum absolute atomic E-state index is 0.0458. The fourth-order valence-corrected chi connectivity index (χ4v) is 3.75. The molecule has 3 aromatic rings. The Hall–Kier alpha value is -3.14. The van der Waals surface area contributed by atoms with Crippen molar-refractivity contribution in [3.8, 4) is 6.07 Å². The summed E-state index contributed by atoms with van der Waals surface area (Å²) < 4.78 is 0. The van der Waals surface area contributed by atoms with Crippen LogP contribution in [0, 0.1) is 18.3 Å². The van der Waals surface area contributed by atoms with Crippen LogP contribution >= 0.6 is 0 Å². The Kier molecular flexibility index (Phi) is 4.17. The third-order valence-electron chi connectivity index (χ3n) is 4.98. The number of piperidine rings is 1. The molecule has 1 fully saturated rings. The summed E-state index contributed by atoms with van der Waals surface area (Å²) in [6.07, 6.45) is 7.50. The summed E-state index contributed by atoms with van der Waals surface area (Å²) in [5.41, 5.74) is 2.88. The van der Waals surface area contributed by atoms with Gasteiger partial charge in [-0.2, -0.15) is 5.26 Å². The molecule has 0 radical (unpaired) electrons. The SMILES string of the molecule is Cc1ncc(N2CCCC(NC(=O)CC#N)C2)c2c1cnc1[nH]ccc12. The Balaban J connectivity index is 1.72. The number of pyridine rings is 2. The van der Waals surface area contributed by atoms with Gasteiger partial charge in [0.15, 0.2) is 0 Å². The van der Waals surface area contributed by atoms with Gasteiger partial charge < -0.3 is 15.2 Å². The molecule has 2 N–H and O–H groups in total. The molecule has 1 unspecified atom stereocenters. The zero-order valence-corrected chi connectivity index (χ0v) is 14.6. The van der Waals surface area contributed by atoms with Crippen molar-refractivity contribution in [2.45, 2.75) is 32.2 Å². The van der Waals surface area contributed by atoms with Crippen molar-refractivity contribution in [3.63, 3.8) is 0 Å². The number of aromatic amines is 1. The van der Waals surface area contributed by atoms with Gasteiger partial charge in [0.1, 0.15) is 12.1 Å². The normalized spacial score (nSPS) is 17.4. The van der Waals surface area contributed by atoms with E-state index in [0.29, 0.717) is 6.54 Å². The molecule has 1 aliphatic heterocycles. The Morgan fingerprint density at radius 3 is 3.15 bits per heavy atom. The number of aryl methyl sites for hydroxylation is 1. The molecule has 7 nitrogen and oxygen atoms in total. The number of anilines is 1. The molecule has 1 atom stereocenters. The highest BCUT2D eigenvalue weighted by Crippen LogP contribution is 2.34. The van der Waals surface area contributed by atoms with Gasteiger partial charge in [-0.1, -0.05) is 0 Å². The van der Waals surface area contributed by atoms with E-state index in [1.165, 1.54) is 0 Å². The van der Waals surface area contributed by atoms with Gasteiger partial charge >= 0.3 is 0 Å². The molecule has 0 saturated carbocycles. The molecule has 7 heteroatoms. The molecule has 4 heterocycles. The maximum Gasteiger partial charge on any atom is 0.234 e. The topological polar surface area (TPSA) is 97.7 Å². The number of hydrogen-bond acceptors (Lipinski definition) is 5. The number of aromatic nitrogens is 3. The smallest absolute Gasteiger partial charge is 0.234 e. The lowest BCUT2D eigenvalue weighted by Gasteiger charge is -2.35. The maximum absolute atomic E-state index is 11.8. The van der Waals surface area contributed by atoms with E-state index in [2.05, 4.69) is 25.2 Å². The van der Waals surface area contributed by atoms with Crippen molar-refractivity contribution in [2.75, 3.05) is 18.0 Å². The van der Waals surface area contributed by atoms with Gasteiger partial charge in [0.2, 0.25) is 5.91 Å². The third-order valence-corrected chi connectivity index (χ3v) is 4.98. The van der Waals surface area contributed by atoms with E-state index >= 15 is 0 Å². The van der Waals surface area contributed by atoms with Crippen molar-refractivity contribution in [2.24, 2.45) is 0 Å². The molecule has 0 bridgehead atoms. The Bertz CT molecular complexity index is 1020. The van der Waals surface area contributed by atoms with Gasteiger partial charge in [-0.25, -0.2) is 4.98 Å². The van der Waals surface area contributed by atoms with Crippen molar-refractivity contribution in [3.05, 3.63) is 30.4 Å². The average molecular weight is 348 g/mol. The summed E-state index contributed by atoms with van der Waals surface area (Å²) >= 11 is 0. The van der Waals surface area contributed by atoms with Crippen LogP contribution in [-0.2, 0) is 4.79 Å². The first kappa shape index (κ1) is 16.3. The summed E-state index contributed by atoms with van der Waals surface area (Å²) in [6, 6.07) is 3.99. The van der Waals surface area contributed by atoms with E-state index in [1.807, 2.05) is 37.6 Å². The number of nitriles is 1. The van der Waals surface area contributed by atoms with Crippen LogP contribution in [-0.4, -0.2) is 40.0 Å². The number of amides is 1. The van der Waals surface area contributed by atoms with Crippen LogP contribution in [0.2, 0.25) is 0 Å². The summed E-state index contributed by atoms with van der Waals surface area (Å²) in [7, 11) is 0. The zero-order valence-electron chi connectivity index (χ0n) is 14.6. The second-order valence-electron chi connectivity index (χ2n) is 6.70. The molecule has 0 aliphatic carbocycles. The minimum atomic E-state index is -0.205. The Labute approximate surface area is 151 Å². The number of carbonyl (C=O) groups is 1. The highest BCUT2D eigenvalue weighted by Gasteiger charge is 2.24. The molecule has 1 amide bonds. The van der Waals surface area contributed by atoms with Crippen LogP contribution in [0.25, 0.3) is 21.8 Å². The van der Waals surface area contributed by atoms with Crippen LogP contribution in [0.3, 0.4) is 0 Å². The van der Waals surface area contributed by atoms with Crippen molar-refractivity contribution < 1.29 is 4.79 Å². The summed E-state index contributed by atoms with van der Waals surface area (Å²) in [5, 5.41) is 14.9. The number of carbonyl (C=O) groups excluding carboxylic acids is 1. The fraction of sp³-hybridized carbons (Fsp3) is 0.368. The largest absolute Gasteiger partial charge is 0.368 e. The number of fused-ring (bicyclic) bond motifs is 3. The van der Waals surface area contributed by atoms with Gasteiger partial charge in [0.05, 0.1) is 18.0 Å². The highest BCUT2D eigenvalue weighted by atomic mass is 16.1. The van der Waals surface area contributed by atoms with Crippen LogP contribution in [0.5, 0.6) is 0 Å². The summed E-state index contributed by atoms with van der Waals surface area (Å²) in [6.45, 7) is 3.62. The van der Waals surface area contributed by atoms with Crippen LogP contribution in [0.15, 0.2) is 24.7 Å². The van der Waals surface area contributed by atoms with Crippen LogP contribution in [0.4, 0.5) is 5.69 Å². The third kappa shape index (κ3) is 2.84. The standard InChI is InChI=1S/C19H20N6O/c1-12-15-9-23-19-14(5-7-21-19)18(15)16(10-22-12)25-8-2-3-13(11-25)24-17(26)4-6-20/h5,7,9-10,13H,2-4,8,11H2,1H3,(H,21,23)(H,24,26). The molecule has 0 spiro atoms. The van der Waals surface area contributed by atoms with Gasteiger partial charge in [-0.15, -0.1) is 0 Å². The van der Waals surface area contributed by atoms with E-state index in [1.54, 1.807) is 0 Å². The van der Waals surface area contributed by atoms with E-state index in [9.17, 15) is 4.79 Å². The Morgan fingerprint density at radius 2 is 2.31 bits per heavy atom. The number of rotatable bonds is 3. The lowest BCUT2D eigenvalue weighted by molar-refractivity contribution is -0.120. The minimum Gasteiger partial charge on any atom is -0.368 e. The number of nitrogens with zero attached hydrogens (tertiary/aromatic N) is 4. The van der Waals surface area contributed by atoms with E-state index in [-0.39, 0.29) is 18.4 Å². The van der Waals surface area contributed by atoms with Gasteiger partial charge in [-0.05, 0) is 25.8 Å². The monoisotopic (exact) mass is 348 g/mol. The molecule has 3 aromatic heterocycles. The molecular formula is C19H20N6O. The molecule has 26 heavy (non-hydrogen) atoms. The number of H-pyrrole nitrogens is 1. The molecule has 0 aromatic carbocycles. The van der Waals surface area contributed by atoms with Gasteiger partial charge in [-0.3, -0.25) is 9.78 Å². The van der Waals surface area contributed by atoms with Crippen LogP contribution in [0.1, 0.15) is 25.0 Å². The van der Waals surface area contributed by atoms with Gasteiger partial charge in [0, 0.05) is 53.4 Å². The fourth-order valence-electron chi connectivity index (χ4n) is 3.75. The first-order valence-electron chi connectivity index (χ1n) is 8.80. The summed E-state index contributed by atoms with van der Waals surface area (Å²) in [4.78, 5) is 26.3. The van der Waals surface area contributed by atoms with E-state index in [0.717, 1.165) is 52.6 Å². The highest BCUT2D eigenvalue weighted by molar-refractivity contribution is 6.11. The van der Waals surface area contributed by atoms with Gasteiger partial charge in [0.25, 0.3) is 0 Å². The zero-order chi connectivity index (χ0) is 18.1. The Morgan fingerprint density at radius 1 is 1.42 bits per heavy atom. The van der Waals surface area contributed by atoms with E-state index < -0.39 is 0 Å². The van der Waals surface area contributed by atoms with Crippen molar-refractivity contribution >= 4 is 33.4 Å². The molecular weight excluding hydrogens is 328 g/mol. The maximum atomic E-state index is 11.8. The van der Waals surface area contributed by atoms with Crippen molar-refractivity contribution in [1.82, 2.24) is 20.3 Å². The van der Waals surface area contributed by atoms with Crippen LogP contribution < -0.4 is 10.2 Å². The first-order chi connectivity index (χ1) is 12.7. The summed E-state index contributed by atoms with van der Waals surface area (Å²) in [5.74, 6) is -0.205. The number of nitrogens with one attached hydrogen (secondary N) is 2.